The molecule has 5 nitrogen and oxygen atoms in total. The lowest BCUT2D eigenvalue weighted by Gasteiger charge is -2.22. The number of ether oxygens (including phenoxy) is 1. The molecule has 0 bridgehead atoms. The number of hydrogen-bond acceptors (Lipinski definition) is 4. The van der Waals surface area contributed by atoms with E-state index in [4.69, 9.17) is 4.74 Å². The van der Waals surface area contributed by atoms with Crippen LogP contribution in [0.1, 0.15) is 17.3 Å². The van der Waals surface area contributed by atoms with Gasteiger partial charge in [0, 0.05) is 17.8 Å². The van der Waals surface area contributed by atoms with Crippen molar-refractivity contribution in [3.05, 3.63) is 29.8 Å². The van der Waals surface area contributed by atoms with Gasteiger partial charge in [-0.05, 0) is 31.2 Å². The molecule has 1 amide bonds. The average molecular weight is 248 g/mol. The molecule has 0 aliphatic carbocycles. The van der Waals surface area contributed by atoms with Crippen LogP contribution in [0.4, 0.5) is 5.69 Å². The molecule has 1 unspecified atom stereocenters. The van der Waals surface area contributed by atoms with Crippen molar-refractivity contribution in [1.82, 2.24) is 5.32 Å². The van der Waals surface area contributed by atoms with Gasteiger partial charge in [-0.3, -0.25) is 9.59 Å². The molecule has 1 aromatic carbocycles. The highest BCUT2D eigenvalue weighted by atomic mass is 16.5. The van der Waals surface area contributed by atoms with Crippen LogP contribution in [0.25, 0.3) is 0 Å². The van der Waals surface area contributed by atoms with Crippen molar-refractivity contribution in [1.29, 1.82) is 0 Å². The Bertz CT molecular complexity index is 436. The molecular formula is C13H16N2O3. The zero-order valence-corrected chi connectivity index (χ0v) is 10.2. The number of ketones is 1. The topological polar surface area (TPSA) is 67.4 Å². The Kier molecular flexibility index (Phi) is 4.07. The predicted molar refractivity (Wildman–Crippen MR) is 67.7 cm³/mol. The summed E-state index contributed by atoms with van der Waals surface area (Å²) in [5.74, 6) is -0.111. The summed E-state index contributed by atoms with van der Waals surface area (Å²) in [6.45, 7) is 3.21. The van der Waals surface area contributed by atoms with Gasteiger partial charge in [-0.25, -0.2) is 0 Å². The van der Waals surface area contributed by atoms with Gasteiger partial charge in [0.1, 0.15) is 6.04 Å². The van der Waals surface area contributed by atoms with Crippen LogP contribution in [0.3, 0.4) is 0 Å². The van der Waals surface area contributed by atoms with Crippen LogP contribution in [-0.4, -0.2) is 37.5 Å². The number of anilines is 1. The fraction of sp³-hybridized carbons (Fsp3) is 0.385. The Balaban J connectivity index is 1.96. The molecule has 0 aromatic heterocycles. The standard InChI is InChI=1S/C13H16N2O3/c1-9(16)10-2-4-11(5-3-10)15-13(17)12-8-18-7-6-14-12/h2-5,12,14H,6-8H2,1H3,(H,15,17). The number of benzene rings is 1. The van der Waals surface area contributed by atoms with E-state index in [1.54, 1.807) is 24.3 Å². The third-order valence-electron chi connectivity index (χ3n) is 2.80. The summed E-state index contributed by atoms with van der Waals surface area (Å²) in [5.41, 5.74) is 1.31. The van der Waals surface area contributed by atoms with Gasteiger partial charge in [-0.15, -0.1) is 0 Å². The van der Waals surface area contributed by atoms with Crippen LogP contribution in [0.5, 0.6) is 0 Å². The van der Waals surface area contributed by atoms with Crippen LogP contribution in [-0.2, 0) is 9.53 Å². The summed E-state index contributed by atoms with van der Waals surface area (Å²) < 4.78 is 5.22. The summed E-state index contributed by atoms with van der Waals surface area (Å²) in [4.78, 5) is 23.0. The Hall–Kier alpha value is -1.72. The third-order valence-corrected chi connectivity index (χ3v) is 2.80. The minimum absolute atomic E-state index is 0.00947. The van der Waals surface area contributed by atoms with E-state index in [-0.39, 0.29) is 17.7 Å². The number of rotatable bonds is 3. The van der Waals surface area contributed by atoms with Crippen LogP contribution in [0.15, 0.2) is 24.3 Å². The first-order valence-electron chi connectivity index (χ1n) is 5.90. The summed E-state index contributed by atoms with van der Waals surface area (Å²) >= 11 is 0. The van der Waals surface area contributed by atoms with Gasteiger partial charge in [0.05, 0.1) is 13.2 Å². The summed E-state index contributed by atoms with van der Waals surface area (Å²) in [7, 11) is 0. The van der Waals surface area contributed by atoms with E-state index in [9.17, 15) is 9.59 Å². The fourth-order valence-corrected chi connectivity index (χ4v) is 1.75. The van der Waals surface area contributed by atoms with Crippen molar-refractivity contribution in [2.75, 3.05) is 25.1 Å². The molecule has 96 valence electrons. The lowest BCUT2D eigenvalue weighted by molar-refractivity contribution is -0.120. The lowest BCUT2D eigenvalue weighted by Crippen LogP contribution is -2.48. The molecule has 1 aliphatic rings. The van der Waals surface area contributed by atoms with E-state index in [2.05, 4.69) is 10.6 Å². The van der Waals surface area contributed by atoms with E-state index in [0.29, 0.717) is 31.0 Å². The zero-order chi connectivity index (χ0) is 13.0. The Morgan fingerprint density at radius 1 is 1.33 bits per heavy atom. The first-order chi connectivity index (χ1) is 8.66. The SMILES string of the molecule is CC(=O)c1ccc(NC(=O)C2COCCN2)cc1. The van der Waals surface area contributed by atoms with Gasteiger partial charge < -0.3 is 15.4 Å². The number of carbonyl (C=O) groups excluding carboxylic acids is 2. The molecule has 1 aromatic rings. The molecule has 5 heteroatoms. The van der Waals surface area contributed by atoms with Crippen molar-refractivity contribution in [3.63, 3.8) is 0 Å². The maximum absolute atomic E-state index is 11.9. The predicted octanol–water partition coefficient (Wildman–Crippen LogP) is 0.816. The largest absolute Gasteiger partial charge is 0.378 e. The molecule has 1 fully saturated rings. The van der Waals surface area contributed by atoms with Crippen molar-refractivity contribution in [2.24, 2.45) is 0 Å². The molecule has 0 spiro atoms. The first kappa shape index (κ1) is 12.7. The van der Waals surface area contributed by atoms with Crippen LogP contribution in [0.2, 0.25) is 0 Å². The van der Waals surface area contributed by atoms with Gasteiger partial charge in [0.25, 0.3) is 0 Å². The summed E-state index contributed by atoms with van der Waals surface area (Å²) in [5, 5.41) is 5.86. The number of amides is 1. The lowest BCUT2D eigenvalue weighted by atomic mass is 10.1. The van der Waals surface area contributed by atoms with Gasteiger partial charge >= 0.3 is 0 Å². The molecule has 0 saturated carbocycles. The average Bonchev–Trinajstić information content (AvgIpc) is 2.40. The maximum Gasteiger partial charge on any atom is 0.243 e. The molecule has 2 rings (SSSR count). The number of hydrogen-bond donors (Lipinski definition) is 2. The second-order valence-electron chi connectivity index (χ2n) is 4.20. The van der Waals surface area contributed by atoms with Crippen LogP contribution in [0, 0.1) is 0 Å². The first-order valence-corrected chi connectivity index (χ1v) is 5.90. The van der Waals surface area contributed by atoms with Gasteiger partial charge in [0.2, 0.25) is 5.91 Å². The number of Topliss-reactive ketones (excluding diaryl/α,β-unsaturated/α-hetero) is 1. The van der Waals surface area contributed by atoms with E-state index < -0.39 is 0 Å². The fourth-order valence-electron chi connectivity index (χ4n) is 1.75. The van der Waals surface area contributed by atoms with Crippen molar-refractivity contribution in [2.45, 2.75) is 13.0 Å². The van der Waals surface area contributed by atoms with E-state index in [1.165, 1.54) is 6.92 Å². The number of morpholine rings is 1. The monoisotopic (exact) mass is 248 g/mol. The van der Waals surface area contributed by atoms with E-state index in [0.717, 1.165) is 0 Å². The maximum atomic E-state index is 11.9. The normalized spacial score (nSPS) is 19.3. The highest BCUT2D eigenvalue weighted by Gasteiger charge is 2.20. The van der Waals surface area contributed by atoms with Crippen molar-refractivity contribution in [3.8, 4) is 0 Å². The molecular weight excluding hydrogens is 232 g/mol. The van der Waals surface area contributed by atoms with Crippen molar-refractivity contribution < 1.29 is 14.3 Å². The minimum atomic E-state index is -0.314. The smallest absolute Gasteiger partial charge is 0.243 e. The van der Waals surface area contributed by atoms with Gasteiger partial charge in [-0.1, -0.05) is 0 Å². The van der Waals surface area contributed by atoms with E-state index in [1.807, 2.05) is 0 Å². The molecule has 1 aliphatic heterocycles. The van der Waals surface area contributed by atoms with Gasteiger partial charge in [0.15, 0.2) is 5.78 Å². The van der Waals surface area contributed by atoms with Crippen molar-refractivity contribution >= 4 is 17.4 Å². The van der Waals surface area contributed by atoms with Crippen LogP contribution < -0.4 is 10.6 Å². The van der Waals surface area contributed by atoms with E-state index >= 15 is 0 Å². The second kappa shape index (κ2) is 5.75. The molecule has 1 saturated heterocycles. The Morgan fingerprint density at radius 3 is 2.61 bits per heavy atom. The van der Waals surface area contributed by atoms with Gasteiger partial charge in [-0.2, -0.15) is 0 Å². The summed E-state index contributed by atoms with van der Waals surface area (Å²) in [6.07, 6.45) is 0. The molecule has 0 radical (unpaired) electrons. The third kappa shape index (κ3) is 3.15. The highest BCUT2D eigenvalue weighted by molar-refractivity contribution is 5.97. The minimum Gasteiger partial charge on any atom is -0.378 e. The Morgan fingerprint density at radius 2 is 2.06 bits per heavy atom. The zero-order valence-electron chi connectivity index (χ0n) is 10.2. The summed E-state index contributed by atoms with van der Waals surface area (Å²) in [6, 6.07) is 6.52. The number of carbonyl (C=O) groups is 2. The quantitative estimate of drug-likeness (QED) is 0.777. The molecule has 1 atom stereocenters. The molecule has 18 heavy (non-hydrogen) atoms. The van der Waals surface area contributed by atoms with Crippen LogP contribution >= 0.6 is 0 Å². The molecule has 1 heterocycles. The highest BCUT2D eigenvalue weighted by Crippen LogP contribution is 2.10. The Labute approximate surface area is 106 Å². The number of nitrogens with one attached hydrogen (secondary N) is 2. The molecule has 2 N–H and O–H groups in total. The second-order valence-corrected chi connectivity index (χ2v) is 4.20.